The minimum Gasteiger partial charge on any atom is -0.458 e. The second-order valence-electron chi connectivity index (χ2n) is 5.82. The highest BCUT2D eigenvalue weighted by Crippen LogP contribution is 2.26. The number of nitrogens with zero attached hydrogens (tertiary/aromatic N) is 1. The van der Waals surface area contributed by atoms with E-state index in [0.717, 1.165) is 16.3 Å². The fraction of sp³-hybridized carbons (Fsp3) is 0.158. The van der Waals surface area contributed by atoms with Gasteiger partial charge in [-0.25, -0.2) is 0 Å². The van der Waals surface area contributed by atoms with Gasteiger partial charge in [-0.2, -0.15) is 0 Å². The molecule has 0 bridgehead atoms. The molecular formula is C19H19N3O3S. The van der Waals surface area contributed by atoms with Crippen LogP contribution in [0.25, 0.3) is 10.6 Å². The van der Waals surface area contributed by atoms with Crippen molar-refractivity contribution < 1.29 is 14.0 Å². The number of nitrogens with one attached hydrogen (secondary N) is 2. The molecule has 0 saturated heterocycles. The fourth-order valence-electron chi connectivity index (χ4n) is 2.30. The molecule has 0 spiro atoms. The molecule has 2 heterocycles. The summed E-state index contributed by atoms with van der Waals surface area (Å²) in [7, 11) is 3.86. The quantitative estimate of drug-likeness (QED) is 0.677. The van der Waals surface area contributed by atoms with E-state index in [1.807, 2.05) is 54.7 Å². The summed E-state index contributed by atoms with van der Waals surface area (Å²) in [4.78, 5) is 26.9. The molecule has 1 aromatic carbocycles. The summed E-state index contributed by atoms with van der Waals surface area (Å²) in [5.41, 5.74) is 1.57. The van der Waals surface area contributed by atoms with Gasteiger partial charge in [-0.3, -0.25) is 9.59 Å². The SMILES string of the molecule is CN(C)c1ccc(NC(=O)C(=O)NCc2ccc(-c3cccs3)o2)cc1. The summed E-state index contributed by atoms with van der Waals surface area (Å²) in [5.74, 6) is -0.0945. The Kier molecular flexibility index (Phi) is 5.38. The predicted molar refractivity (Wildman–Crippen MR) is 103 cm³/mol. The molecular weight excluding hydrogens is 350 g/mol. The lowest BCUT2D eigenvalue weighted by molar-refractivity contribution is -0.136. The molecule has 0 aliphatic heterocycles. The first kappa shape index (κ1) is 17.8. The van der Waals surface area contributed by atoms with E-state index in [1.54, 1.807) is 29.5 Å². The summed E-state index contributed by atoms with van der Waals surface area (Å²) >= 11 is 1.57. The topological polar surface area (TPSA) is 74.6 Å². The van der Waals surface area contributed by atoms with Crippen molar-refractivity contribution in [1.29, 1.82) is 0 Å². The van der Waals surface area contributed by atoms with Gasteiger partial charge in [0.15, 0.2) is 0 Å². The zero-order valence-corrected chi connectivity index (χ0v) is 15.3. The summed E-state index contributed by atoms with van der Waals surface area (Å²) in [6.07, 6.45) is 0. The third kappa shape index (κ3) is 4.31. The number of furan rings is 1. The molecule has 2 aromatic heterocycles. The summed E-state index contributed by atoms with van der Waals surface area (Å²) < 4.78 is 5.67. The van der Waals surface area contributed by atoms with E-state index in [4.69, 9.17) is 4.42 Å². The Morgan fingerprint density at radius 2 is 1.81 bits per heavy atom. The van der Waals surface area contributed by atoms with Gasteiger partial charge in [0, 0.05) is 25.5 Å². The third-order valence-corrected chi connectivity index (χ3v) is 4.58. The van der Waals surface area contributed by atoms with Crippen LogP contribution in [-0.4, -0.2) is 25.9 Å². The summed E-state index contributed by atoms with van der Waals surface area (Å²) in [6, 6.07) is 14.8. The van der Waals surface area contributed by atoms with Crippen molar-refractivity contribution in [1.82, 2.24) is 5.32 Å². The Morgan fingerprint density at radius 1 is 1.04 bits per heavy atom. The number of carbonyl (C=O) groups is 2. The Hall–Kier alpha value is -3.06. The summed E-state index contributed by atoms with van der Waals surface area (Å²) in [6.45, 7) is 0.150. The lowest BCUT2D eigenvalue weighted by Crippen LogP contribution is -2.34. The molecule has 26 heavy (non-hydrogen) atoms. The number of thiophene rings is 1. The molecule has 0 aliphatic carbocycles. The van der Waals surface area contributed by atoms with E-state index >= 15 is 0 Å². The molecule has 0 saturated carbocycles. The number of amides is 2. The van der Waals surface area contributed by atoms with E-state index in [-0.39, 0.29) is 6.54 Å². The van der Waals surface area contributed by atoms with Crippen LogP contribution < -0.4 is 15.5 Å². The lowest BCUT2D eigenvalue weighted by atomic mass is 10.2. The van der Waals surface area contributed by atoms with Crippen LogP contribution in [0.15, 0.2) is 58.3 Å². The molecule has 6 nitrogen and oxygen atoms in total. The Bertz CT molecular complexity index is 883. The van der Waals surface area contributed by atoms with Gasteiger partial charge in [0.05, 0.1) is 11.4 Å². The number of anilines is 2. The first-order valence-electron chi connectivity index (χ1n) is 8.02. The molecule has 134 valence electrons. The highest BCUT2D eigenvalue weighted by atomic mass is 32.1. The monoisotopic (exact) mass is 369 g/mol. The molecule has 3 rings (SSSR count). The first-order chi connectivity index (χ1) is 12.5. The number of hydrogen-bond acceptors (Lipinski definition) is 5. The minimum absolute atomic E-state index is 0.150. The van der Waals surface area contributed by atoms with Crippen molar-refractivity contribution in [3.63, 3.8) is 0 Å². The van der Waals surface area contributed by atoms with Gasteiger partial charge in [0.25, 0.3) is 0 Å². The number of benzene rings is 1. The van der Waals surface area contributed by atoms with Gasteiger partial charge < -0.3 is 20.0 Å². The van der Waals surface area contributed by atoms with Crippen molar-refractivity contribution in [3.8, 4) is 10.6 Å². The summed E-state index contributed by atoms with van der Waals surface area (Å²) in [5, 5.41) is 7.10. The van der Waals surface area contributed by atoms with Crippen LogP contribution in [0, 0.1) is 0 Å². The van der Waals surface area contributed by atoms with Crippen molar-refractivity contribution in [2.45, 2.75) is 6.54 Å². The normalized spacial score (nSPS) is 10.4. The van der Waals surface area contributed by atoms with Crippen LogP contribution in [-0.2, 0) is 16.1 Å². The smallest absolute Gasteiger partial charge is 0.313 e. The molecule has 0 unspecified atom stereocenters. The molecule has 3 aromatic rings. The maximum atomic E-state index is 12.0. The number of carbonyl (C=O) groups excluding carboxylic acids is 2. The Balaban J connectivity index is 1.52. The second kappa shape index (κ2) is 7.88. The van der Waals surface area contributed by atoms with Crippen molar-refractivity contribution in [2.24, 2.45) is 0 Å². The van der Waals surface area contributed by atoms with Gasteiger partial charge in [-0.1, -0.05) is 6.07 Å². The zero-order chi connectivity index (χ0) is 18.5. The lowest BCUT2D eigenvalue weighted by Gasteiger charge is -2.12. The van der Waals surface area contributed by atoms with Crippen LogP contribution in [0.2, 0.25) is 0 Å². The van der Waals surface area contributed by atoms with Crippen LogP contribution in [0.5, 0.6) is 0 Å². The highest BCUT2D eigenvalue weighted by molar-refractivity contribution is 7.13. The van der Waals surface area contributed by atoms with Crippen molar-refractivity contribution in [3.05, 3.63) is 59.7 Å². The second-order valence-corrected chi connectivity index (χ2v) is 6.77. The fourth-order valence-corrected chi connectivity index (χ4v) is 2.99. The van der Waals surface area contributed by atoms with Gasteiger partial charge in [-0.05, 0) is 47.8 Å². The molecule has 7 heteroatoms. The predicted octanol–water partition coefficient (Wildman–Crippen LogP) is 3.33. The number of hydrogen-bond donors (Lipinski definition) is 2. The van der Waals surface area contributed by atoms with E-state index in [1.165, 1.54) is 0 Å². The van der Waals surface area contributed by atoms with Crippen molar-refractivity contribution in [2.75, 3.05) is 24.3 Å². The van der Waals surface area contributed by atoms with Gasteiger partial charge >= 0.3 is 11.8 Å². The van der Waals surface area contributed by atoms with Crippen LogP contribution in [0.1, 0.15) is 5.76 Å². The molecule has 0 aliphatic rings. The maximum absolute atomic E-state index is 12.0. The van der Waals surface area contributed by atoms with Gasteiger partial charge in [0.2, 0.25) is 0 Å². The van der Waals surface area contributed by atoms with E-state index in [2.05, 4.69) is 10.6 Å². The molecule has 2 N–H and O–H groups in total. The molecule has 0 radical (unpaired) electrons. The standard InChI is InChI=1S/C19H19N3O3S/c1-22(2)14-7-5-13(6-8-14)21-19(24)18(23)20-12-15-9-10-16(25-15)17-4-3-11-26-17/h3-11H,12H2,1-2H3,(H,20,23)(H,21,24). The maximum Gasteiger partial charge on any atom is 0.313 e. The van der Waals surface area contributed by atoms with E-state index < -0.39 is 11.8 Å². The minimum atomic E-state index is -0.715. The van der Waals surface area contributed by atoms with E-state index in [0.29, 0.717) is 11.4 Å². The Morgan fingerprint density at radius 3 is 2.46 bits per heavy atom. The first-order valence-corrected chi connectivity index (χ1v) is 8.90. The highest BCUT2D eigenvalue weighted by Gasteiger charge is 2.14. The average Bonchev–Trinajstić information content (AvgIpc) is 3.31. The zero-order valence-electron chi connectivity index (χ0n) is 14.5. The number of rotatable bonds is 5. The van der Waals surface area contributed by atoms with Crippen molar-refractivity contribution >= 4 is 34.5 Å². The van der Waals surface area contributed by atoms with Gasteiger partial charge in [-0.15, -0.1) is 11.3 Å². The Labute approximate surface area is 155 Å². The van der Waals surface area contributed by atoms with Crippen LogP contribution >= 0.6 is 11.3 Å². The molecule has 0 fully saturated rings. The molecule has 0 atom stereocenters. The average molecular weight is 369 g/mol. The largest absolute Gasteiger partial charge is 0.458 e. The third-order valence-electron chi connectivity index (χ3n) is 3.70. The van der Waals surface area contributed by atoms with Gasteiger partial charge in [0.1, 0.15) is 11.5 Å². The molecule has 2 amide bonds. The van der Waals surface area contributed by atoms with Crippen LogP contribution in [0.4, 0.5) is 11.4 Å². The van der Waals surface area contributed by atoms with E-state index in [9.17, 15) is 9.59 Å². The van der Waals surface area contributed by atoms with Crippen LogP contribution in [0.3, 0.4) is 0 Å².